The number of likely N-dealkylation sites (N-methyl/N-ethyl adjacent to an activating group) is 1. The van der Waals surface area contributed by atoms with Crippen molar-refractivity contribution in [3.05, 3.63) is 12.1 Å². The minimum absolute atomic E-state index is 0.262. The SMILES string of the molecule is COc1cc2nc(NCCN(C)C)nc(N3CCC(CCO)CC3)c2cc1OC. The Balaban J connectivity index is 1.95. The van der Waals surface area contributed by atoms with E-state index in [0.29, 0.717) is 23.4 Å². The van der Waals surface area contributed by atoms with E-state index in [0.717, 1.165) is 62.2 Å². The van der Waals surface area contributed by atoms with Gasteiger partial charge in [0, 0.05) is 44.2 Å². The van der Waals surface area contributed by atoms with Crippen molar-refractivity contribution in [1.29, 1.82) is 0 Å². The van der Waals surface area contributed by atoms with E-state index in [2.05, 4.69) is 15.1 Å². The van der Waals surface area contributed by atoms with Crippen LogP contribution in [0.5, 0.6) is 11.5 Å². The number of ether oxygens (including phenoxy) is 2. The maximum absolute atomic E-state index is 9.24. The van der Waals surface area contributed by atoms with Crippen molar-refractivity contribution in [3.63, 3.8) is 0 Å². The number of piperidine rings is 1. The highest BCUT2D eigenvalue weighted by Crippen LogP contribution is 2.37. The van der Waals surface area contributed by atoms with Gasteiger partial charge in [0.05, 0.1) is 19.7 Å². The highest BCUT2D eigenvalue weighted by molar-refractivity contribution is 5.93. The molecule has 0 unspecified atom stereocenters. The number of hydrogen-bond acceptors (Lipinski definition) is 8. The Hall–Kier alpha value is -2.32. The molecule has 29 heavy (non-hydrogen) atoms. The molecule has 8 nitrogen and oxygen atoms in total. The topological polar surface area (TPSA) is 83.0 Å². The predicted octanol–water partition coefficient (Wildman–Crippen LogP) is 2.22. The van der Waals surface area contributed by atoms with Gasteiger partial charge in [0.1, 0.15) is 5.82 Å². The number of anilines is 2. The first-order valence-electron chi connectivity index (χ1n) is 10.2. The van der Waals surface area contributed by atoms with E-state index in [1.807, 2.05) is 26.2 Å². The Morgan fingerprint density at radius 3 is 2.45 bits per heavy atom. The van der Waals surface area contributed by atoms with E-state index >= 15 is 0 Å². The molecule has 3 rings (SSSR count). The first-order valence-corrected chi connectivity index (χ1v) is 10.2. The van der Waals surface area contributed by atoms with E-state index < -0.39 is 0 Å². The van der Waals surface area contributed by atoms with Crippen LogP contribution in [-0.4, -0.2) is 81.1 Å². The van der Waals surface area contributed by atoms with Gasteiger partial charge in [-0.3, -0.25) is 0 Å². The maximum atomic E-state index is 9.24. The number of aromatic nitrogens is 2. The molecule has 0 radical (unpaired) electrons. The van der Waals surface area contributed by atoms with Crippen LogP contribution in [0.2, 0.25) is 0 Å². The number of methoxy groups -OCH3 is 2. The van der Waals surface area contributed by atoms with Crippen LogP contribution >= 0.6 is 0 Å². The summed E-state index contributed by atoms with van der Waals surface area (Å²) in [7, 11) is 7.36. The fourth-order valence-corrected chi connectivity index (χ4v) is 3.77. The monoisotopic (exact) mass is 403 g/mol. The molecule has 1 aliphatic heterocycles. The van der Waals surface area contributed by atoms with Crippen LogP contribution in [0.15, 0.2) is 12.1 Å². The number of benzene rings is 1. The summed E-state index contributed by atoms with van der Waals surface area (Å²) in [4.78, 5) is 14.0. The number of fused-ring (bicyclic) bond motifs is 1. The fraction of sp³-hybridized carbons (Fsp3) is 0.619. The van der Waals surface area contributed by atoms with Crippen molar-refractivity contribution in [2.45, 2.75) is 19.3 Å². The maximum Gasteiger partial charge on any atom is 0.225 e. The van der Waals surface area contributed by atoms with Crippen molar-refractivity contribution in [2.24, 2.45) is 5.92 Å². The van der Waals surface area contributed by atoms with Gasteiger partial charge in [-0.05, 0) is 45.3 Å². The summed E-state index contributed by atoms with van der Waals surface area (Å²) in [5.41, 5.74) is 0.831. The third kappa shape index (κ3) is 5.19. The van der Waals surface area contributed by atoms with E-state index in [1.54, 1.807) is 14.2 Å². The predicted molar refractivity (Wildman–Crippen MR) is 116 cm³/mol. The lowest BCUT2D eigenvalue weighted by Gasteiger charge is -2.33. The molecule has 1 fully saturated rings. The molecule has 1 saturated heterocycles. The van der Waals surface area contributed by atoms with E-state index in [1.165, 1.54) is 0 Å². The second kappa shape index (κ2) is 9.93. The highest BCUT2D eigenvalue weighted by Gasteiger charge is 2.23. The molecule has 0 atom stereocenters. The summed E-state index contributed by atoms with van der Waals surface area (Å²) in [6.07, 6.45) is 2.99. The first-order chi connectivity index (χ1) is 14.0. The van der Waals surface area contributed by atoms with Crippen LogP contribution in [0.1, 0.15) is 19.3 Å². The third-order valence-electron chi connectivity index (χ3n) is 5.47. The molecule has 1 aromatic carbocycles. The quantitative estimate of drug-likeness (QED) is 0.660. The Morgan fingerprint density at radius 2 is 1.83 bits per heavy atom. The molecule has 1 aromatic heterocycles. The van der Waals surface area contributed by atoms with Gasteiger partial charge in [-0.2, -0.15) is 4.98 Å². The molecular formula is C21H33N5O3. The van der Waals surface area contributed by atoms with Crippen molar-refractivity contribution < 1.29 is 14.6 Å². The minimum atomic E-state index is 0.262. The standard InChI is InChI=1S/C21H33N5O3/c1-25(2)11-8-22-21-23-17-14-19(29-4)18(28-3)13-16(17)20(24-21)26-9-5-15(6-10-26)7-12-27/h13-15,27H,5-12H2,1-4H3,(H,22,23,24). The molecule has 0 spiro atoms. The zero-order valence-corrected chi connectivity index (χ0v) is 17.9. The van der Waals surface area contributed by atoms with Gasteiger partial charge in [0.25, 0.3) is 0 Å². The lowest BCUT2D eigenvalue weighted by atomic mass is 9.94. The third-order valence-corrected chi connectivity index (χ3v) is 5.47. The highest BCUT2D eigenvalue weighted by atomic mass is 16.5. The van der Waals surface area contributed by atoms with Crippen LogP contribution in [0.4, 0.5) is 11.8 Å². The largest absolute Gasteiger partial charge is 0.493 e. The fourth-order valence-electron chi connectivity index (χ4n) is 3.77. The normalized spacial score (nSPS) is 15.2. The molecular weight excluding hydrogens is 370 g/mol. The van der Waals surface area contributed by atoms with Crippen molar-refractivity contribution >= 4 is 22.7 Å². The van der Waals surface area contributed by atoms with Crippen molar-refractivity contribution in [2.75, 3.05) is 71.3 Å². The number of aliphatic hydroxyl groups is 1. The van der Waals surface area contributed by atoms with E-state index in [4.69, 9.17) is 19.4 Å². The van der Waals surface area contributed by atoms with Crippen LogP contribution in [0, 0.1) is 5.92 Å². The van der Waals surface area contributed by atoms with Crippen LogP contribution in [0.25, 0.3) is 10.9 Å². The first kappa shape index (κ1) is 21.4. The van der Waals surface area contributed by atoms with Gasteiger partial charge in [-0.25, -0.2) is 4.98 Å². The molecule has 160 valence electrons. The number of nitrogens with one attached hydrogen (secondary N) is 1. The smallest absolute Gasteiger partial charge is 0.225 e. The minimum Gasteiger partial charge on any atom is -0.493 e. The molecule has 0 bridgehead atoms. The van der Waals surface area contributed by atoms with Gasteiger partial charge >= 0.3 is 0 Å². The zero-order valence-electron chi connectivity index (χ0n) is 17.9. The van der Waals surface area contributed by atoms with Gasteiger partial charge in [-0.15, -0.1) is 0 Å². The molecule has 0 amide bonds. The summed E-state index contributed by atoms with van der Waals surface area (Å²) >= 11 is 0. The number of nitrogens with zero attached hydrogens (tertiary/aromatic N) is 4. The van der Waals surface area contributed by atoms with Crippen LogP contribution < -0.4 is 19.7 Å². The Labute approximate surface area is 172 Å². The number of rotatable bonds is 9. The summed E-state index contributed by atoms with van der Waals surface area (Å²) < 4.78 is 11.0. The van der Waals surface area contributed by atoms with Gasteiger partial charge in [0.2, 0.25) is 5.95 Å². The summed E-state index contributed by atoms with van der Waals surface area (Å²) in [6.45, 7) is 3.77. The Morgan fingerprint density at radius 1 is 1.14 bits per heavy atom. The molecule has 0 aliphatic carbocycles. The molecule has 2 aromatic rings. The van der Waals surface area contributed by atoms with E-state index in [9.17, 15) is 5.11 Å². The molecule has 1 aliphatic rings. The zero-order chi connectivity index (χ0) is 20.8. The van der Waals surface area contributed by atoms with Crippen molar-refractivity contribution in [3.8, 4) is 11.5 Å². The average molecular weight is 404 g/mol. The average Bonchev–Trinajstić information content (AvgIpc) is 2.72. The Kier molecular flexibility index (Phi) is 7.33. The number of hydrogen-bond donors (Lipinski definition) is 2. The molecule has 2 N–H and O–H groups in total. The van der Waals surface area contributed by atoms with Gasteiger partial charge < -0.3 is 29.7 Å². The second-order valence-electron chi connectivity index (χ2n) is 7.77. The summed E-state index contributed by atoms with van der Waals surface area (Å²) in [6, 6.07) is 3.88. The van der Waals surface area contributed by atoms with Crippen LogP contribution in [-0.2, 0) is 0 Å². The van der Waals surface area contributed by atoms with E-state index in [-0.39, 0.29) is 6.61 Å². The number of aliphatic hydroxyl groups excluding tert-OH is 1. The Bertz CT molecular complexity index is 806. The molecule has 8 heteroatoms. The molecule has 0 saturated carbocycles. The lowest BCUT2D eigenvalue weighted by molar-refractivity contribution is 0.240. The van der Waals surface area contributed by atoms with Gasteiger partial charge in [-0.1, -0.05) is 0 Å². The lowest BCUT2D eigenvalue weighted by Crippen LogP contribution is -2.35. The van der Waals surface area contributed by atoms with Gasteiger partial charge in [0.15, 0.2) is 11.5 Å². The summed E-state index contributed by atoms with van der Waals surface area (Å²) in [5, 5.41) is 13.5. The van der Waals surface area contributed by atoms with Crippen LogP contribution in [0.3, 0.4) is 0 Å². The second-order valence-corrected chi connectivity index (χ2v) is 7.77. The molecule has 2 heterocycles. The summed E-state index contributed by atoms with van der Waals surface area (Å²) in [5.74, 6) is 3.46. The van der Waals surface area contributed by atoms with Crippen molar-refractivity contribution in [1.82, 2.24) is 14.9 Å².